The number of para-hydroxylation sites is 1. The molecule has 1 aliphatic rings. The number of benzene rings is 1. The molecule has 5 nitrogen and oxygen atoms in total. The summed E-state index contributed by atoms with van der Waals surface area (Å²) in [6.45, 7) is 1.51. The number of piperidine rings is 1. The van der Waals surface area contributed by atoms with Crippen LogP contribution in [0.4, 0.5) is 10.5 Å². The summed E-state index contributed by atoms with van der Waals surface area (Å²) in [7, 11) is 5.64. The fraction of sp³-hybridized carbons (Fsp3) is 0.533. The number of carbonyl (C=O) groups is 1. The zero-order valence-electron chi connectivity index (χ0n) is 12.7. The second-order valence-electron chi connectivity index (χ2n) is 5.46. The smallest absolute Gasteiger partial charge is 0.322 e. The summed E-state index contributed by atoms with van der Waals surface area (Å²) in [5.74, 6) is 0.494. The van der Waals surface area contributed by atoms with E-state index in [0.717, 1.165) is 25.9 Å². The van der Waals surface area contributed by atoms with Crippen LogP contribution in [0.25, 0.3) is 0 Å². The van der Waals surface area contributed by atoms with E-state index in [-0.39, 0.29) is 6.03 Å². The maximum atomic E-state index is 12.4. The summed E-state index contributed by atoms with van der Waals surface area (Å²) in [5.41, 5.74) is 0.599. The second kappa shape index (κ2) is 7.00. The van der Waals surface area contributed by atoms with Gasteiger partial charge in [-0.15, -0.1) is 0 Å². The Bertz CT molecular complexity index is 508. The number of ether oxygens (including phenoxy) is 1. The third-order valence-corrected chi connectivity index (χ3v) is 4.12. The Kier molecular flexibility index (Phi) is 5.31. The van der Waals surface area contributed by atoms with Crippen molar-refractivity contribution < 1.29 is 9.53 Å². The average Bonchev–Trinajstić information content (AvgIpc) is 2.47. The molecule has 1 N–H and O–H groups in total. The molecule has 116 valence electrons. The van der Waals surface area contributed by atoms with Crippen LogP contribution in [0.3, 0.4) is 0 Å². The molecule has 2 rings (SSSR count). The Labute approximate surface area is 130 Å². The lowest BCUT2D eigenvalue weighted by Gasteiger charge is -2.36. The van der Waals surface area contributed by atoms with Gasteiger partial charge in [0.2, 0.25) is 0 Å². The minimum absolute atomic E-state index is 0.109. The van der Waals surface area contributed by atoms with Crippen LogP contribution in [0.1, 0.15) is 12.8 Å². The van der Waals surface area contributed by atoms with E-state index >= 15 is 0 Å². The monoisotopic (exact) mass is 311 g/mol. The van der Waals surface area contributed by atoms with E-state index in [0.29, 0.717) is 22.5 Å². The van der Waals surface area contributed by atoms with Gasteiger partial charge in [-0.05, 0) is 39.1 Å². The zero-order valence-corrected chi connectivity index (χ0v) is 13.5. The van der Waals surface area contributed by atoms with Crippen molar-refractivity contribution in [2.45, 2.75) is 18.9 Å². The van der Waals surface area contributed by atoms with Gasteiger partial charge in [-0.25, -0.2) is 4.79 Å². The standard InChI is InChI=1S/C15H22ClN3O2/c1-18(2)11-6-5-9-19(10-11)15(20)17-13-8-4-7-12(16)14(13)21-3/h4,7-8,11H,5-6,9-10H2,1-3H3,(H,17,20)/t11-/m0/s1. The van der Waals surface area contributed by atoms with Crippen LogP contribution in [0.2, 0.25) is 5.02 Å². The van der Waals surface area contributed by atoms with Crippen LogP contribution >= 0.6 is 11.6 Å². The molecule has 0 radical (unpaired) electrons. The number of halogens is 1. The Morgan fingerprint density at radius 3 is 2.90 bits per heavy atom. The molecule has 0 saturated carbocycles. The first-order valence-corrected chi connectivity index (χ1v) is 7.45. The largest absolute Gasteiger partial charge is 0.493 e. The summed E-state index contributed by atoms with van der Waals surface area (Å²) in [6, 6.07) is 5.61. The van der Waals surface area contributed by atoms with Crippen LogP contribution in [-0.2, 0) is 0 Å². The molecule has 21 heavy (non-hydrogen) atoms. The van der Waals surface area contributed by atoms with Crippen molar-refractivity contribution in [1.82, 2.24) is 9.80 Å². The van der Waals surface area contributed by atoms with Gasteiger partial charge in [0, 0.05) is 19.1 Å². The Morgan fingerprint density at radius 1 is 1.48 bits per heavy atom. The van der Waals surface area contributed by atoms with E-state index in [9.17, 15) is 4.79 Å². The summed E-state index contributed by atoms with van der Waals surface area (Å²) in [5, 5.41) is 3.38. The van der Waals surface area contributed by atoms with Crippen molar-refractivity contribution in [1.29, 1.82) is 0 Å². The molecule has 6 heteroatoms. The summed E-state index contributed by atoms with van der Waals surface area (Å²) >= 11 is 6.07. The van der Waals surface area contributed by atoms with Crippen LogP contribution in [0.15, 0.2) is 18.2 Å². The first-order valence-electron chi connectivity index (χ1n) is 7.07. The Balaban J connectivity index is 2.06. The molecule has 1 aromatic carbocycles. The number of hydrogen-bond donors (Lipinski definition) is 1. The van der Waals surface area contributed by atoms with Crippen molar-refractivity contribution in [3.8, 4) is 5.75 Å². The van der Waals surface area contributed by atoms with Gasteiger partial charge in [0.25, 0.3) is 0 Å². The van der Waals surface area contributed by atoms with E-state index in [2.05, 4.69) is 10.2 Å². The zero-order chi connectivity index (χ0) is 15.4. The number of urea groups is 1. The fourth-order valence-corrected chi connectivity index (χ4v) is 2.82. The molecule has 1 aromatic rings. The number of likely N-dealkylation sites (N-methyl/N-ethyl adjacent to an activating group) is 1. The van der Waals surface area contributed by atoms with Crippen molar-refractivity contribution in [2.75, 3.05) is 39.6 Å². The molecule has 1 aliphatic heterocycles. The lowest BCUT2D eigenvalue weighted by Crippen LogP contribution is -2.48. The number of methoxy groups -OCH3 is 1. The third kappa shape index (κ3) is 3.80. The molecule has 0 bridgehead atoms. The van der Waals surface area contributed by atoms with Crippen molar-refractivity contribution in [3.05, 3.63) is 23.2 Å². The van der Waals surface area contributed by atoms with E-state index in [1.54, 1.807) is 25.3 Å². The van der Waals surface area contributed by atoms with E-state index in [4.69, 9.17) is 16.3 Å². The van der Waals surface area contributed by atoms with Gasteiger partial charge in [0.1, 0.15) is 0 Å². The lowest BCUT2D eigenvalue weighted by atomic mass is 10.1. The molecular formula is C15H22ClN3O2. The van der Waals surface area contributed by atoms with Gasteiger partial charge < -0.3 is 19.9 Å². The SMILES string of the molecule is COc1c(Cl)cccc1NC(=O)N1CCC[C@H](N(C)C)C1. The average molecular weight is 312 g/mol. The third-order valence-electron chi connectivity index (χ3n) is 3.83. The maximum absolute atomic E-state index is 12.4. The summed E-state index contributed by atoms with van der Waals surface area (Å²) in [4.78, 5) is 16.4. The topological polar surface area (TPSA) is 44.8 Å². The highest BCUT2D eigenvalue weighted by molar-refractivity contribution is 6.32. The number of nitrogens with one attached hydrogen (secondary N) is 1. The van der Waals surface area contributed by atoms with Crippen molar-refractivity contribution >= 4 is 23.3 Å². The molecule has 1 saturated heterocycles. The van der Waals surface area contributed by atoms with Gasteiger partial charge in [-0.1, -0.05) is 17.7 Å². The van der Waals surface area contributed by atoms with Gasteiger partial charge >= 0.3 is 6.03 Å². The fourth-order valence-electron chi connectivity index (χ4n) is 2.57. The van der Waals surface area contributed by atoms with Crippen LogP contribution in [0, 0.1) is 0 Å². The second-order valence-corrected chi connectivity index (χ2v) is 5.86. The molecule has 0 spiro atoms. The first-order chi connectivity index (χ1) is 10.0. The van der Waals surface area contributed by atoms with Gasteiger partial charge in [0.05, 0.1) is 17.8 Å². The predicted molar refractivity (Wildman–Crippen MR) is 85.3 cm³/mol. The molecule has 2 amide bonds. The number of nitrogens with zero attached hydrogens (tertiary/aromatic N) is 2. The minimum atomic E-state index is -0.109. The summed E-state index contributed by atoms with van der Waals surface area (Å²) in [6.07, 6.45) is 2.14. The number of hydrogen-bond acceptors (Lipinski definition) is 3. The predicted octanol–water partition coefficient (Wildman–Crippen LogP) is 2.91. The van der Waals surface area contributed by atoms with Gasteiger partial charge in [0.15, 0.2) is 5.75 Å². The number of anilines is 1. The number of carbonyl (C=O) groups excluding carboxylic acids is 1. The molecular weight excluding hydrogens is 290 g/mol. The minimum Gasteiger partial charge on any atom is -0.493 e. The summed E-state index contributed by atoms with van der Waals surface area (Å²) < 4.78 is 5.25. The first kappa shape index (κ1) is 15.9. The molecule has 0 aromatic heterocycles. The highest BCUT2D eigenvalue weighted by Crippen LogP contribution is 2.32. The Morgan fingerprint density at radius 2 is 2.24 bits per heavy atom. The maximum Gasteiger partial charge on any atom is 0.322 e. The molecule has 1 fully saturated rings. The Hall–Kier alpha value is -1.46. The number of rotatable bonds is 3. The van der Waals surface area contributed by atoms with E-state index in [1.807, 2.05) is 19.0 Å². The van der Waals surface area contributed by atoms with E-state index in [1.165, 1.54) is 0 Å². The van der Waals surface area contributed by atoms with Crippen LogP contribution in [0.5, 0.6) is 5.75 Å². The van der Waals surface area contributed by atoms with Crippen LogP contribution < -0.4 is 10.1 Å². The van der Waals surface area contributed by atoms with Gasteiger partial charge in [-0.2, -0.15) is 0 Å². The van der Waals surface area contributed by atoms with Crippen molar-refractivity contribution in [2.24, 2.45) is 0 Å². The van der Waals surface area contributed by atoms with E-state index < -0.39 is 0 Å². The molecule has 1 heterocycles. The number of amides is 2. The quantitative estimate of drug-likeness (QED) is 0.933. The molecule has 0 aliphatic carbocycles. The number of likely N-dealkylation sites (tertiary alicyclic amines) is 1. The van der Waals surface area contributed by atoms with Crippen molar-refractivity contribution in [3.63, 3.8) is 0 Å². The highest BCUT2D eigenvalue weighted by Gasteiger charge is 2.25. The normalized spacial score (nSPS) is 18.7. The highest BCUT2D eigenvalue weighted by atomic mass is 35.5. The lowest BCUT2D eigenvalue weighted by molar-refractivity contribution is 0.148. The van der Waals surface area contributed by atoms with Crippen LogP contribution in [-0.4, -0.2) is 56.2 Å². The molecule has 0 unspecified atom stereocenters. The van der Waals surface area contributed by atoms with Gasteiger partial charge in [-0.3, -0.25) is 0 Å². The molecule has 1 atom stereocenters.